The van der Waals surface area contributed by atoms with E-state index < -0.39 is 0 Å². The molecule has 9 nitrogen and oxygen atoms in total. The van der Waals surface area contributed by atoms with Crippen molar-refractivity contribution < 1.29 is 9.59 Å². The fourth-order valence-corrected chi connectivity index (χ4v) is 10.3. The molecule has 79 heavy (non-hydrogen) atoms. The highest BCUT2D eigenvalue weighted by atomic mass is 35.5. The number of ketones is 2. The van der Waals surface area contributed by atoms with Gasteiger partial charge < -0.3 is 16.4 Å². The van der Waals surface area contributed by atoms with Crippen LogP contribution < -0.4 is 16.4 Å². The minimum absolute atomic E-state index is 0. The standard InChI is InChI=1S/C35H41N3O.C34H40N4O.ClH/c1-6-25-9-8-12-31(21-25)38-32(19-24(2)37-38)33(39)22-27-10-7-11-29(20-27)34(36-23-26-13-14-26)28-15-17-30(18-16-28)35(3,4)5;1-23-17-31(38(37-23)30-10-6-8-26(19-30)21-35)32(39)20-25-7-5-9-28(18-25)33(36-22-24-11-12-24)27-13-15-29(16-14-27)34(2,3)4;/h7-12,15-21,26,34,36H,6,13-14,22-23H2,1-5H3;5-10,13-19,24,33,36H,11-12,20-22,35H2,1-4H3;1H. The molecule has 2 saturated carbocycles. The lowest BCUT2D eigenvalue weighted by atomic mass is 9.85. The molecule has 6 aromatic carbocycles. The molecule has 0 saturated heterocycles. The normalized spacial score (nSPS) is 14.2. The van der Waals surface area contributed by atoms with Gasteiger partial charge in [0.15, 0.2) is 11.6 Å². The topological polar surface area (TPSA) is 120 Å². The number of carbonyl (C=O) groups excluding carboxylic acids is 2. The highest BCUT2D eigenvalue weighted by Crippen LogP contribution is 2.34. The minimum atomic E-state index is 0. The van der Waals surface area contributed by atoms with Crippen LogP contribution in [0.3, 0.4) is 0 Å². The number of halogens is 1. The number of aromatic nitrogens is 4. The molecule has 0 amide bonds. The predicted octanol–water partition coefficient (Wildman–Crippen LogP) is 14.4. The molecule has 2 aliphatic carbocycles. The molecule has 2 heterocycles. The Labute approximate surface area is 476 Å². The summed E-state index contributed by atoms with van der Waals surface area (Å²) >= 11 is 0. The lowest BCUT2D eigenvalue weighted by Gasteiger charge is -2.23. The van der Waals surface area contributed by atoms with Crippen molar-refractivity contribution in [3.63, 3.8) is 0 Å². The summed E-state index contributed by atoms with van der Waals surface area (Å²) in [7, 11) is 0. The van der Waals surface area contributed by atoms with Gasteiger partial charge in [0.05, 0.1) is 34.8 Å². The van der Waals surface area contributed by atoms with E-state index in [4.69, 9.17) is 5.73 Å². The van der Waals surface area contributed by atoms with E-state index in [9.17, 15) is 9.59 Å². The van der Waals surface area contributed by atoms with E-state index in [1.807, 2.05) is 68.4 Å². The molecule has 0 aliphatic heterocycles. The van der Waals surface area contributed by atoms with Crippen LogP contribution >= 0.6 is 12.4 Å². The Morgan fingerprint density at radius 2 is 0.899 bits per heavy atom. The number of nitrogens with one attached hydrogen (secondary N) is 2. The first kappa shape index (κ1) is 58.4. The summed E-state index contributed by atoms with van der Waals surface area (Å²) in [6, 6.07) is 55.1. The smallest absolute Gasteiger partial charge is 0.185 e. The van der Waals surface area contributed by atoms with Crippen molar-refractivity contribution in [3.05, 3.63) is 236 Å². The third-order valence-electron chi connectivity index (χ3n) is 15.3. The molecule has 2 atom stereocenters. The number of carbonyl (C=O) groups is 2. The second-order valence-electron chi connectivity index (χ2n) is 24.1. The zero-order valence-corrected chi connectivity index (χ0v) is 48.8. The van der Waals surface area contributed by atoms with E-state index >= 15 is 0 Å². The molecule has 4 N–H and O–H groups in total. The molecule has 0 spiro atoms. The summed E-state index contributed by atoms with van der Waals surface area (Å²) in [5, 5.41) is 16.9. The van der Waals surface area contributed by atoms with Crippen molar-refractivity contribution in [2.45, 2.75) is 137 Å². The molecule has 8 aromatic rings. The zero-order valence-electron chi connectivity index (χ0n) is 48.0. The molecule has 412 valence electrons. The number of hydrogen-bond acceptors (Lipinski definition) is 7. The Morgan fingerprint density at radius 1 is 0.519 bits per heavy atom. The highest BCUT2D eigenvalue weighted by molar-refractivity contribution is 5.97. The Morgan fingerprint density at radius 3 is 1.28 bits per heavy atom. The van der Waals surface area contributed by atoms with Crippen LogP contribution in [0.2, 0.25) is 0 Å². The number of nitrogens with two attached hydrogens (primary N) is 1. The quantitative estimate of drug-likeness (QED) is 0.0650. The van der Waals surface area contributed by atoms with Gasteiger partial charge in [0.2, 0.25) is 0 Å². The van der Waals surface area contributed by atoms with Crippen LogP contribution in [0.5, 0.6) is 0 Å². The van der Waals surface area contributed by atoms with Crippen molar-refractivity contribution in [2.24, 2.45) is 17.6 Å². The second-order valence-corrected chi connectivity index (χ2v) is 24.1. The minimum Gasteiger partial charge on any atom is -0.326 e. The first-order valence-electron chi connectivity index (χ1n) is 28.4. The fraction of sp³-hybridized carbons (Fsp3) is 0.362. The summed E-state index contributed by atoms with van der Waals surface area (Å²) in [5.41, 5.74) is 22.6. The third kappa shape index (κ3) is 15.3. The molecule has 10 rings (SSSR count). The summed E-state index contributed by atoms with van der Waals surface area (Å²) in [6.07, 6.45) is 6.83. The maximum Gasteiger partial charge on any atom is 0.185 e. The van der Waals surface area contributed by atoms with E-state index in [1.165, 1.54) is 64.6 Å². The molecule has 2 unspecified atom stereocenters. The van der Waals surface area contributed by atoms with E-state index in [2.05, 4.69) is 172 Å². The molecule has 2 aromatic heterocycles. The molecule has 0 bridgehead atoms. The number of rotatable bonds is 20. The Bertz CT molecular complexity index is 3110. The van der Waals surface area contributed by atoms with E-state index in [0.717, 1.165) is 70.8 Å². The number of Topliss-reactive ketones (excluding diaryl/α,β-unsaturated/α-hetero) is 2. The van der Waals surface area contributed by atoms with E-state index in [0.29, 0.717) is 30.8 Å². The van der Waals surface area contributed by atoms with Gasteiger partial charge in [0.25, 0.3) is 0 Å². The van der Waals surface area contributed by atoms with Crippen molar-refractivity contribution >= 4 is 24.0 Å². The van der Waals surface area contributed by atoms with Crippen LogP contribution in [0.25, 0.3) is 11.4 Å². The summed E-state index contributed by atoms with van der Waals surface area (Å²) in [4.78, 5) is 27.2. The summed E-state index contributed by atoms with van der Waals surface area (Å²) < 4.78 is 3.55. The number of aryl methyl sites for hydroxylation is 3. The van der Waals surface area contributed by atoms with E-state index in [-0.39, 0.29) is 46.9 Å². The number of hydrogen-bond donors (Lipinski definition) is 3. The van der Waals surface area contributed by atoms with Crippen LogP contribution in [-0.2, 0) is 36.6 Å². The predicted molar refractivity (Wildman–Crippen MR) is 325 cm³/mol. The van der Waals surface area contributed by atoms with Crippen molar-refractivity contribution in [3.8, 4) is 11.4 Å². The van der Waals surface area contributed by atoms with Gasteiger partial charge in [-0.2, -0.15) is 10.2 Å². The average molecular weight is 1080 g/mol. The van der Waals surface area contributed by atoms with Gasteiger partial charge in [-0.15, -0.1) is 12.4 Å². The van der Waals surface area contributed by atoms with Crippen LogP contribution in [0.1, 0.15) is 174 Å². The van der Waals surface area contributed by atoms with Crippen LogP contribution in [0.4, 0.5) is 0 Å². The Kier molecular flexibility index (Phi) is 18.9. The maximum absolute atomic E-state index is 13.6. The first-order valence-corrected chi connectivity index (χ1v) is 28.4. The van der Waals surface area contributed by atoms with Gasteiger partial charge in [-0.3, -0.25) is 9.59 Å². The molecule has 10 heteroatoms. The maximum atomic E-state index is 13.6. The van der Waals surface area contributed by atoms with Gasteiger partial charge in [0, 0.05) is 19.4 Å². The molecular weight excluding hydrogens is 994 g/mol. The van der Waals surface area contributed by atoms with Crippen molar-refractivity contribution in [1.82, 2.24) is 30.2 Å². The van der Waals surface area contributed by atoms with Crippen molar-refractivity contribution in [1.29, 1.82) is 0 Å². The van der Waals surface area contributed by atoms with Gasteiger partial charge in [-0.1, -0.05) is 170 Å². The Balaban J connectivity index is 0.000000205. The van der Waals surface area contributed by atoms with Gasteiger partial charge in [0.1, 0.15) is 11.4 Å². The number of benzene rings is 6. The lowest BCUT2D eigenvalue weighted by Crippen LogP contribution is -2.25. The van der Waals surface area contributed by atoms with E-state index in [1.54, 1.807) is 9.36 Å². The Hall–Kier alpha value is -6.75. The highest BCUT2D eigenvalue weighted by Gasteiger charge is 2.27. The monoisotopic (exact) mass is 1080 g/mol. The lowest BCUT2D eigenvalue weighted by molar-refractivity contribution is 0.0977. The van der Waals surface area contributed by atoms with Gasteiger partial charge in [-0.05, 0) is 174 Å². The summed E-state index contributed by atoms with van der Waals surface area (Å²) in [6.45, 7) is 21.9. The third-order valence-corrected chi connectivity index (χ3v) is 15.3. The largest absolute Gasteiger partial charge is 0.326 e. The molecule has 0 radical (unpaired) electrons. The van der Waals surface area contributed by atoms with Crippen LogP contribution in [-0.4, -0.2) is 44.2 Å². The molecular formula is C69H82ClN7O2. The van der Waals surface area contributed by atoms with Crippen molar-refractivity contribution in [2.75, 3.05) is 13.1 Å². The molecule has 2 aliphatic rings. The summed E-state index contributed by atoms with van der Waals surface area (Å²) in [5.74, 6) is 1.67. The second kappa shape index (κ2) is 25.6. The SMILES string of the molecule is CCc1cccc(-n2nc(C)cc2C(=O)Cc2cccc(C(NCC3CC3)c3ccc(C(C)(C)C)cc3)c2)c1.Cc1cc(C(=O)Cc2cccc(C(NCC3CC3)c3ccc(C(C)(C)C)cc3)c2)n(-c2cccc(CN)c2)n1.Cl. The van der Waals surface area contributed by atoms with Crippen LogP contribution in [0, 0.1) is 25.7 Å². The molecule has 2 fully saturated rings. The number of nitrogens with zero attached hydrogens (tertiary/aromatic N) is 4. The zero-order chi connectivity index (χ0) is 55.1. The van der Waals surface area contributed by atoms with Gasteiger partial charge >= 0.3 is 0 Å². The fourth-order valence-electron chi connectivity index (χ4n) is 10.3. The first-order chi connectivity index (χ1) is 37.4. The van der Waals surface area contributed by atoms with Crippen LogP contribution in [0.15, 0.2) is 158 Å². The van der Waals surface area contributed by atoms with Gasteiger partial charge in [-0.25, -0.2) is 9.36 Å². The average Bonchev–Trinajstić information content (AvgIpc) is 4.39.